The first-order chi connectivity index (χ1) is 9.02. The molecule has 0 saturated heterocycles. The highest BCUT2D eigenvalue weighted by molar-refractivity contribution is 5.78. The number of carbonyl (C=O) groups excluding carboxylic acids is 1. The van der Waals surface area contributed by atoms with Crippen molar-refractivity contribution in [3.63, 3.8) is 0 Å². The van der Waals surface area contributed by atoms with Crippen molar-refractivity contribution in [3.05, 3.63) is 0 Å². The van der Waals surface area contributed by atoms with Crippen LogP contribution in [0.25, 0.3) is 0 Å². The first-order valence-electron chi connectivity index (χ1n) is 7.08. The van der Waals surface area contributed by atoms with Gasteiger partial charge in [0.2, 0.25) is 5.91 Å². The maximum Gasteiger partial charge on any atom is 0.305 e. The molecule has 0 aromatic heterocycles. The molecule has 5 heteroatoms. The second-order valence-electron chi connectivity index (χ2n) is 5.26. The van der Waals surface area contributed by atoms with Gasteiger partial charge in [-0.3, -0.25) is 9.59 Å². The molecule has 0 unspecified atom stereocenters. The third kappa shape index (κ3) is 4.49. The van der Waals surface area contributed by atoms with Gasteiger partial charge >= 0.3 is 5.97 Å². The van der Waals surface area contributed by atoms with Gasteiger partial charge < -0.3 is 14.7 Å². The summed E-state index contributed by atoms with van der Waals surface area (Å²) in [5.41, 5.74) is -0.493. The smallest absolute Gasteiger partial charge is 0.305 e. The number of rotatable bonds is 7. The second kappa shape index (κ2) is 7.48. The molecular weight excluding hydrogens is 246 g/mol. The maximum atomic E-state index is 12.2. The molecule has 1 fully saturated rings. The molecule has 0 aromatic carbocycles. The van der Waals surface area contributed by atoms with Crippen LogP contribution in [0.4, 0.5) is 0 Å². The molecule has 19 heavy (non-hydrogen) atoms. The molecule has 0 atom stereocenters. The van der Waals surface area contributed by atoms with E-state index in [2.05, 4.69) is 0 Å². The van der Waals surface area contributed by atoms with Crippen LogP contribution in [0.3, 0.4) is 0 Å². The zero-order valence-electron chi connectivity index (χ0n) is 12.0. The van der Waals surface area contributed by atoms with Crippen molar-refractivity contribution in [1.82, 2.24) is 4.90 Å². The highest BCUT2D eigenvalue weighted by Crippen LogP contribution is 2.36. The van der Waals surface area contributed by atoms with Crippen molar-refractivity contribution in [1.29, 1.82) is 0 Å². The molecule has 0 heterocycles. The van der Waals surface area contributed by atoms with Gasteiger partial charge in [0.25, 0.3) is 0 Å². The minimum atomic E-state index is -0.827. The van der Waals surface area contributed by atoms with Gasteiger partial charge in [-0.25, -0.2) is 0 Å². The van der Waals surface area contributed by atoms with E-state index in [4.69, 9.17) is 9.84 Å². The van der Waals surface area contributed by atoms with Gasteiger partial charge in [-0.15, -0.1) is 0 Å². The Balaban J connectivity index is 2.67. The zero-order valence-corrected chi connectivity index (χ0v) is 12.0. The highest BCUT2D eigenvalue weighted by atomic mass is 16.5. The number of nitrogens with zero attached hydrogens (tertiary/aromatic N) is 1. The molecule has 0 bridgehead atoms. The molecule has 0 aliphatic heterocycles. The Morgan fingerprint density at radius 3 is 2.42 bits per heavy atom. The second-order valence-corrected chi connectivity index (χ2v) is 5.26. The van der Waals surface area contributed by atoms with Crippen LogP contribution in [-0.4, -0.2) is 47.7 Å². The van der Waals surface area contributed by atoms with Gasteiger partial charge in [-0.05, 0) is 19.8 Å². The minimum absolute atomic E-state index is 0.0170. The molecule has 1 N–H and O–H groups in total. The van der Waals surface area contributed by atoms with Crippen molar-refractivity contribution in [2.45, 2.75) is 57.4 Å². The Bertz CT molecular complexity index is 311. The van der Waals surface area contributed by atoms with Crippen molar-refractivity contribution in [2.75, 3.05) is 20.3 Å². The lowest BCUT2D eigenvalue weighted by Gasteiger charge is -2.44. The number of hydrogen-bond donors (Lipinski definition) is 1. The monoisotopic (exact) mass is 271 g/mol. The molecule has 5 nitrogen and oxygen atoms in total. The van der Waals surface area contributed by atoms with Crippen LogP contribution in [0.5, 0.6) is 0 Å². The number of hydrogen-bond acceptors (Lipinski definition) is 3. The Morgan fingerprint density at radius 1 is 1.26 bits per heavy atom. The number of ether oxygens (including phenoxy) is 1. The molecule has 1 rings (SSSR count). The van der Waals surface area contributed by atoms with Crippen LogP contribution in [0.1, 0.15) is 51.9 Å². The van der Waals surface area contributed by atoms with Crippen molar-refractivity contribution < 1.29 is 19.4 Å². The normalized spacial score (nSPS) is 18.0. The van der Waals surface area contributed by atoms with Gasteiger partial charge in [-0.1, -0.05) is 19.3 Å². The van der Waals surface area contributed by atoms with E-state index in [1.807, 2.05) is 6.92 Å². The summed E-state index contributed by atoms with van der Waals surface area (Å²) in [6, 6.07) is 0. The molecule has 0 aromatic rings. The first kappa shape index (κ1) is 16.0. The Hall–Kier alpha value is -1.10. The summed E-state index contributed by atoms with van der Waals surface area (Å²) in [7, 11) is 1.74. The summed E-state index contributed by atoms with van der Waals surface area (Å²) in [4.78, 5) is 24.9. The van der Waals surface area contributed by atoms with Crippen LogP contribution >= 0.6 is 0 Å². The Labute approximate surface area is 114 Å². The van der Waals surface area contributed by atoms with E-state index in [0.717, 1.165) is 32.1 Å². The molecule has 0 spiro atoms. The van der Waals surface area contributed by atoms with E-state index < -0.39 is 11.5 Å². The van der Waals surface area contributed by atoms with E-state index in [1.165, 1.54) is 0 Å². The largest absolute Gasteiger partial charge is 0.481 e. The fraction of sp³-hybridized carbons (Fsp3) is 0.857. The van der Waals surface area contributed by atoms with E-state index in [-0.39, 0.29) is 12.3 Å². The van der Waals surface area contributed by atoms with Crippen LogP contribution in [0.2, 0.25) is 0 Å². The minimum Gasteiger partial charge on any atom is -0.481 e. The van der Waals surface area contributed by atoms with E-state index in [0.29, 0.717) is 19.6 Å². The van der Waals surface area contributed by atoms with Gasteiger partial charge in [0, 0.05) is 13.7 Å². The average molecular weight is 271 g/mol. The van der Waals surface area contributed by atoms with Crippen LogP contribution < -0.4 is 0 Å². The molecule has 1 aliphatic carbocycles. The fourth-order valence-corrected chi connectivity index (χ4v) is 2.86. The zero-order chi connectivity index (χ0) is 14.3. The SMILES string of the molecule is CCOCCC(=O)N(C)C1(CC(=O)O)CCCCC1. The molecule has 1 amide bonds. The third-order valence-electron chi connectivity index (χ3n) is 4.01. The van der Waals surface area contributed by atoms with E-state index in [1.54, 1.807) is 11.9 Å². The lowest BCUT2D eigenvalue weighted by atomic mass is 9.78. The number of carbonyl (C=O) groups is 2. The highest BCUT2D eigenvalue weighted by Gasteiger charge is 2.40. The van der Waals surface area contributed by atoms with Crippen molar-refractivity contribution in [3.8, 4) is 0 Å². The van der Waals surface area contributed by atoms with Crippen LogP contribution in [0.15, 0.2) is 0 Å². The third-order valence-corrected chi connectivity index (χ3v) is 4.01. The first-order valence-corrected chi connectivity index (χ1v) is 7.08. The Kier molecular flexibility index (Phi) is 6.28. The Morgan fingerprint density at radius 2 is 1.89 bits per heavy atom. The summed E-state index contributed by atoms with van der Waals surface area (Å²) in [6.07, 6.45) is 5.07. The summed E-state index contributed by atoms with van der Waals surface area (Å²) < 4.78 is 5.19. The maximum absolute atomic E-state index is 12.2. The lowest BCUT2D eigenvalue weighted by Crippen LogP contribution is -2.52. The molecule has 1 saturated carbocycles. The van der Waals surface area contributed by atoms with Gasteiger partial charge in [0.15, 0.2) is 0 Å². The standard InChI is InChI=1S/C14H25NO4/c1-3-19-10-7-12(16)15(2)14(11-13(17)18)8-5-4-6-9-14/h3-11H2,1-2H3,(H,17,18). The summed E-state index contributed by atoms with van der Waals surface area (Å²) >= 11 is 0. The number of carboxylic acids is 1. The van der Waals surface area contributed by atoms with Crippen LogP contribution in [0, 0.1) is 0 Å². The van der Waals surface area contributed by atoms with Crippen molar-refractivity contribution >= 4 is 11.9 Å². The predicted octanol–water partition coefficient (Wildman–Crippen LogP) is 2.05. The average Bonchev–Trinajstić information content (AvgIpc) is 2.38. The van der Waals surface area contributed by atoms with Gasteiger partial charge in [0.05, 0.1) is 25.0 Å². The fourth-order valence-electron chi connectivity index (χ4n) is 2.86. The molecule has 0 radical (unpaired) electrons. The number of amides is 1. The van der Waals surface area contributed by atoms with E-state index >= 15 is 0 Å². The number of aliphatic carboxylic acids is 1. The van der Waals surface area contributed by atoms with Gasteiger partial charge in [-0.2, -0.15) is 0 Å². The summed E-state index contributed by atoms with van der Waals surface area (Å²) in [5, 5.41) is 9.11. The van der Waals surface area contributed by atoms with Gasteiger partial charge in [0.1, 0.15) is 0 Å². The predicted molar refractivity (Wildman–Crippen MR) is 71.9 cm³/mol. The molecule has 1 aliphatic rings. The van der Waals surface area contributed by atoms with Crippen molar-refractivity contribution in [2.24, 2.45) is 0 Å². The quantitative estimate of drug-likeness (QED) is 0.720. The lowest BCUT2D eigenvalue weighted by molar-refractivity contribution is -0.146. The topological polar surface area (TPSA) is 66.8 Å². The summed E-state index contributed by atoms with van der Waals surface area (Å²) in [5.74, 6) is -0.844. The molecular formula is C14H25NO4. The number of carboxylic acid groups (broad SMARTS) is 1. The molecule has 110 valence electrons. The van der Waals surface area contributed by atoms with E-state index in [9.17, 15) is 9.59 Å². The summed E-state index contributed by atoms with van der Waals surface area (Å²) in [6.45, 7) is 2.89. The van der Waals surface area contributed by atoms with Crippen LogP contribution in [-0.2, 0) is 14.3 Å².